The van der Waals surface area contributed by atoms with Gasteiger partial charge in [-0.25, -0.2) is 0 Å². The zero-order chi connectivity index (χ0) is 9.94. The zero-order valence-corrected chi connectivity index (χ0v) is 9.59. The highest BCUT2D eigenvalue weighted by Crippen LogP contribution is 2.05. The van der Waals surface area contributed by atoms with E-state index in [9.17, 15) is 0 Å². The quantitative estimate of drug-likeness (QED) is 0.312. The van der Waals surface area contributed by atoms with Crippen LogP contribution >= 0.6 is 0 Å². The number of allylic oxidation sites excluding steroid dienone is 2. The molecule has 0 spiro atoms. The first kappa shape index (κ1) is 12.7. The molecule has 0 aliphatic carbocycles. The van der Waals surface area contributed by atoms with E-state index < -0.39 is 0 Å². The Morgan fingerprint density at radius 3 is 2.62 bits per heavy atom. The fourth-order valence-electron chi connectivity index (χ4n) is 0.920. The molecule has 1 nitrogen and oxygen atoms in total. The molecule has 0 aliphatic rings. The predicted octanol–water partition coefficient (Wildman–Crippen LogP) is 3.22. The maximum Gasteiger partial charge on any atom is 0.229 e. The minimum absolute atomic E-state index is 0.413. The van der Waals surface area contributed by atoms with Crippen LogP contribution in [0, 0.1) is 5.92 Å². The maximum atomic E-state index is 5.50. The Morgan fingerprint density at radius 2 is 2.08 bits per heavy atom. The number of hydrogen-bond acceptors (Lipinski definition) is 1. The molecule has 0 fully saturated rings. The molecule has 2 radical (unpaired) electrons. The highest BCUT2D eigenvalue weighted by atomic mass is 28.2. The van der Waals surface area contributed by atoms with Gasteiger partial charge >= 0.3 is 0 Å². The van der Waals surface area contributed by atoms with E-state index in [0.717, 1.165) is 13.0 Å². The molecule has 0 aromatic rings. The van der Waals surface area contributed by atoms with Gasteiger partial charge in [0.2, 0.25) is 9.76 Å². The smallest absolute Gasteiger partial charge is 0.229 e. The second-order valence-corrected chi connectivity index (χ2v) is 4.10. The van der Waals surface area contributed by atoms with Crippen LogP contribution in [0.2, 0.25) is 6.04 Å². The van der Waals surface area contributed by atoms with Crippen LogP contribution in [0.15, 0.2) is 25.3 Å². The Morgan fingerprint density at radius 1 is 1.38 bits per heavy atom. The summed E-state index contributed by atoms with van der Waals surface area (Å²) in [6, 6.07) is 1.21. The molecule has 0 aromatic heterocycles. The Bertz CT molecular complexity index is 126. The minimum Gasteiger partial charge on any atom is -0.417 e. The zero-order valence-electron chi connectivity index (χ0n) is 8.59. The maximum absolute atomic E-state index is 5.50. The molecule has 0 rings (SSSR count). The van der Waals surface area contributed by atoms with Crippen LogP contribution in [0.1, 0.15) is 26.2 Å². The van der Waals surface area contributed by atoms with Gasteiger partial charge in [-0.2, -0.15) is 0 Å². The second-order valence-electron chi connectivity index (χ2n) is 3.02. The summed E-state index contributed by atoms with van der Waals surface area (Å²) >= 11 is 0. The summed E-state index contributed by atoms with van der Waals surface area (Å²) in [5.41, 5.74) is 0. The molecule has 0 heterocycles. The van der Waals surface area contributed by atoms with Crippen molar-refractivity contribution in [3.8, 4) is 0 Å². The third-order valence-electron chi connectivity index (χ3n) is 1.89. The Balaban J connectivity index is 3.14. The fourth-order valence-corrected chi connectivity index (χ4v) is 1.82. The largest absolute Gasteiger partial charge is 0.417 e. The van der Waals surface area contributed by atoms with Crippen molar-refractivity contribution in [2.75, 3.05) is 6.61 Å². The number of unbranched alkanes of at least 4 members (excludes halogenated alkanes) is 1. The predicted molar refractivity (Wildman–Crippen MR) is 59.9 cm³/mol. The molecule has 0 unspecified atom stereocenters. The summed E-state index contributed by atoms with van der Waals surface area (Å²) in [7, 11) is 0.673. The molecular weight excluding hydrogens is 176 g/mol. The summed E-state index contributed by atoms with van der Waals surface area (Å²) in [5, 5.41) is 0. The molecule has 13 heavy (non-hydrogen) atoms. The Hall–Kier alpha value is -0.343. The van der Waals surface area contributed by atoms with Crippen molar-refractivity contribution in [3.63, 3.8) is 0 Å². The van der Waals surface area contributed by atoms with E-state index in [0.29, 0.717) is 15.7 Å². The van der Waals surface area contributed by atoms with E-state index >= 15 is 0 Å². The van der Waals surface area contributed by atoms with E-state index in [1.807, 2.05) is 12.2 Å². The standard InChI is InChI=1S/C11H20OSi/c1-4-7-10-13-12-9-8-11(5-2)6-3/h5-6,11H,2-4,7-10H2,1H3. The highest BCUT2D eigenvalue weighted by Gasteiger charge is 1.98. The SMILES string of the molecule is C=CC(C=C)CCO[Si]CCCC. The van der Waals surface area contributed by atoms with Crippen molar-refractivity contribution in [3.05, 3.63) is 25.3 Å². The van der Waals surface area contributed by atoms with Crippen molar-refractivity contribution in [1.29, 1.82) is 0 Å². The average molecular weight is 196 g/mol. The fraction of sp³-hybridized carbons (Fsp3) is 0.636. The van der Waals surface area contributed by atoms with Crippen molar-refractivity contribution in [1.82, 2.24) is 0 Å². The molecule has 0 aromatic carbocycles. The number of rotatable bonds is 9. The molecule has 0 saturated heterocycles. The highest BCUT2D eigenvalue weighted by molar-refractivity contribution is 6.26. The van der Waals surface area contributed by atoms with Gasteiger partial charge in [-0.05, 0) is 18.4 Å². The molecule has 0 aliphatic heterocycles. The van der Waals surface area contributed by atoms with Crippen molar-refractivity contribution < 1.29 is 4.43 Å². The van der Waals surface area contributed by atoms with Crippen LogP contribution in [-0.2, 0) is 4.43 Å². The summed E-state index contributed by atoms with van der Waals surface area (Å²) in [6.45, 7) is 10.5. The van der Waals surface area contributed by atoms with Crippen molar-refractivity contribution in [2.45, 2.75) is 32.2 Å². The van der Waals surface area contributed by atoms with Gasteiger partial charge in [0.25, 0.3) is 0 Å². The van der Waals surface area contributed by atoms with E-state index in [4.69, 9.17) is 4.43 Å². The lowest BCUT2D eigenvalue weighted by Gasteiger charge is -2.06. The topological polar surface area (TPSA) is 9.23 Å². The van der Waals surface area contributed by atoms with Crippen LogP contribution in [0.3, 0.4) is 0 Å². The normalized spacial score (nSPS) is 10.3. The summed E-state index contributed by atoms with van der Waals surface area (Å²) in [5.74, 6) is 0.413. The Labute approximate surface area is 84.8 Å². The first-order valence-electron chi connectivity index (χ1n) is 4.94. The lowest BCUT2D eigenvalue weighted by molar-refractivity contribution is 0.316. The van der Waals surface area contributed by atoms with E-state index in [1.165, 1.54) is 18.9 Å². The van der Waals surface area contributed by atoms with Crippen LogP contribution in [0.25, 0.3) is 0 Å². The molecule has 74 valence electrons. The third-order valence-corrected chi connectivity index (χ3v) is 2.86. The molecule has 0 amide bonds. The minimum atomic E-state index is 0.413. The van der Waals surface area contributed by atoms with Crippen molar-refractivity contribution >= 4 is 9.76 Å². The van der Waals surface area contributed by atoms with Gasteiger partial charge in [0.1, 0.15) is 0 Å². The van der Waals surface area contributed by atoms with Gasteiger partial charge in [0.15, 0.2) is 0 Å². The van der Waals surface area contributed by atoms with Gasteiger partial charge in [-0.1, -0.05) is 31.9 Å². The first-order chi connectivity index (χ1) is 6.35. The molecular formula is C11H20OSi. The average Bonchev–Trinajstić information content (AvgIpc) is 2.17. The van der Waals surface area contributed by atoms with Gasteiger partial charge < -0.3 is 4.43 Å². The van der Waals surface area contributed by atoms with Crippen molar-refractivity contribution in [2.24, 2.45) is 5.92 Å². The summed E-state index contributed by atoms with van der Waals surface area (Å²) < 4.78 is 5.50. The molecule has 2 heteroatoms. The monoisotopic (exact) mass is 196 g/mol. The van der Waals surface area contributed by atoms with E-state index in [2.05, 4.69) is 20.1 Å². The summed E-state index contributed by atoms with van der Waals surface area (Å²) in [4.78, 5) is 0. The Kier molecular flexibility index (Phi) is 9.49. The molecule has 0 N–H and O–H groups in total. The lowest BCUT2D eigenvalue weighted by Crippen LogP contribution is -2.03. The van der Waals surface area contributed by atoms with Gasteiger partial charge in [-0.15, -0.1) is 13.2 Å². The van der Waals surface area contributed by atoms with Gasteiger partial charge in [-0.3, -0.25) is 0 Å². The van der Waals surface area contributed by atoms with Gasteiger partial charge in [0.05, 0.1) is 0 Å². The molecule has 0 atom stereocenters. The molecule has 0 bridgehead atoms. The molecule has 0 saturated carbocycles. The van der Waals surface area contributed by atoms with Crippen LogP contribution < -0.4 is 0 Å². The van der Waals surface area contributed by atoms with E-state index in [1.54, 1.807) is 0 Å². The first-order valence-corrected chi connectivity index (χ1v) is 6.06. The third kappa shape index (κ3) is 8.00. The number of hydrogen-bond donors (Lipinski definition) is 0. The van der Waals surface area contributed by atoms with Gasteiger partial charge in [0, 0.05) is 6.61 Å². The van der Waals surface area contributed by atoms with Crippen LogP contribution in [0.4, 0.5) is 0 Å². The second kappa shape index (κ2) is 9.74. The lowest BCUT2D eigenvalue weighted by atomic mass is 10.1. The van der Waals surface area contributed by atoms with Crippen LogP contribution in [0.5, 0.6) is 0 Å². The van der Waals surface area contributed by atoms with E-state index in [-0.39, 0.29) is 0 Å². The summed E-state index contributed by atoms with van der Waals surface area (Å²) in [6.07, 6.45) is 7.41. The van der Waals surface area contributed by atoms with Crippen LogP contribution in [-0.4, -0.2) is 16.4 Å².